The predicted molar refractivity (Wildman–Crippen MR) is 97.4 cm³/mol. The molecule has 1 saturated heterocycles. The van der Waals surface area contributed by atoms with Gasteiger partial charge in [-0.05, 0) is 42.8 Å². The van der Waals surface area contributed by atoms with Gasteiger partial charge in [-0.2, -0.15) is 0 Å². The number of halogens is 1. The third kappa shape index (κ3) is 2.67. The zero-order valence-corrected chi connectivity index (χ0v) is 15.0. The first-order valence-electron chi connectivity index (χ1n) is 7.85. The number of hydrogen-bond donors (Lipinski definition) is 1. The minimum atomic E-state index is -1.29. The van der Waals surface area contributed by atoms with E-state index in [1.807, 2.05) is 43.3 Å². The standard InChI is InChI=1S/C19H15BrN2O3/c1-12-2-8-15(9-3-12)22-17(23)11-19(18(22)24)10-16(21-25-19)13-4-6-14(20)7-5-13/h2-10,21H,11H2,1H3/t19-/m1/s1. The number of aryl methyl sites for hydroxylation is 1. The summed E-state index contributed by atoms with van der Waals surface area (Å²) >= 11 is 3.39. The molecule has 0 radical (unpaired) electrons. The van der Waals surface area contributed by atoms with Crippen LogP contribution in [0, 0.1) is 6.92 Å². The van der Waals surface area contributed by atoms with Crippen molar-refractivity contribution in [1.82, 2.24) is 5.48 Å². The lowest BCUT2D eigenvalue weighted by atomic mass is 9.99. The molecule has 25 heavy (non-hydrogen) atoms. The van der Waals surface area contributed by atoms with Crippen LogP contribution in [0.3, 0.4) is 0 Å². The fourth-order valence-electron chi connectivity index (χ4n) is 3.04. The van der Waals surface area contributed by atoms with Crippen LogP contribution in [-0.2, 0) is 14.4 Å². The zero-order valence-electron chi connectivity index (χ0n) is 13.5. The van der Waals surface area contributed by atoms with E-state index in [1.54, 1.807) is 18.2 Å². The highest BCUT2D eigenvalue weighted by Gasteiger charge is 2.55. The van der Waals surface area contributed by atoms with Crippen molar-refractivity contribution in [3.8, 4) is 0 Å². The van der Waals surface area contributed by atoms with E-state index in [4.69, 9.17) is 4.84 Å². The summed E-state index contributed by atoms with van der Waals surface area (Å²) in [7, 11) is 0. The van der Waals surface area contributed by atoms with Gasteiger partial charge >= 0.3 is 0 Å². The van der Waals surface area contributed by atoms with Crippen LogP contribution < -0.4 is 10.4 Å². The van der Waals surface area contributed by atoms with Crippen LogP contribution in [0.2, 0.25) is 0 Å². The van der Waals surface area contributed by atoms with Crippen LogP contribution in [0.25, 0.3) is 5.70 Å². The van der Waals surface area contributed by atoms with Crippen molar-refractivity contribution < 1.29 is 14.4 Å². The normalized spacial score (nSPS) is 22.5. The molecule has 1 spiro atoms. The molecule has 2 amide bonds. The Hall–Kier alpha value is -2.44. The zero-order chi connectivity index (χ0) is 17.6. The average Bonchev–Trinajstić information content (AvgIpc) is 3.12. The molecule has 2 aliphatic heterocycles. The Bertz CT molecular complexity index is 890. The summed E-state index contributed by atoms with van der Waals surface area (Å²) in [6.45, 7) is 1.95. The molecule has 4 rings (SSSR count). The van der Waals surface area contributed by atoms with E-state index in [-0.39, 0.29) is 18.2 Å². The number of nitrogens with one attached hydrogen (secondary N) is 1. The predicted octanol–water partition coefficient (Wildman–Crippen LogP) is 3.34. The number of amides is 2. The Labute approximate surface area is 153 Å². The van der Waals surface area contributed by atoms with Crippen LogP contribution >= 0.6 is 15.9 Å². The molecule has 2 aliphatic rings. The highest BCUT2D eigenvalue weighted by Crippen LogP contribution is 2.38. The van der Waals surface area contributed by atoms with Gasteiger partial charge in [-0.25, -0.2) is 4.90 Å². The monoisotopic (exact) mass is 398 g/mol. The second-order valence-corrected chi connectivity index (χ2v) is 7.12. The van der Waals surface area contributed by atoms with E-state index in [9.17, 15) is 9.59 Å². The number of imide groups is 1. The minimum Gasteiger partial charge on any atom is -0.274 e. The van der Waals surface area contributed by atoms with Gasteiger partial charge < -0.3 is 0 Å². The second kappa shape index (κ2) is 5.82. The van der Waals surface area contributed by atoms with Crippen molar-refractivity contribution in [2.75, 3.05) is 4.90 Å². The fraction of sp³-hybridized carbons (Fsp3) is 0.158. The summed E-state index contributed by atoms with van der Waals surface area (Å²) in [5, 5.41) is 0. The van der Waals surface area contributed by atoms with Gasteiger partial charge in [-0.1, -0.05) is 45.8 Å². The van der Waals surface area contributed by atoms with E-state index in [0.717, 1.165) is 15.6 Å². The quantitative estimate of drug-likeness (QED) is 0.788. The van der Waals surface area contributed by atoms with Gasteiger partial charge in [-0.3, -0.25) is 19.9 Å². The van der Waals surface area contributed by atoms with Gasteiger partial charge in [0.25, 0.3) is 5.91 Å². The Morgan fingerprint density at radius 1 is 1.08 bits per heavy atom. The van der Waals surface area contributed by atoms with Crippen LogP contribution in [-0.4, -0.2) is 17.4 Å². The van der Waals surface area contributed by atoms with Crippen molar-refractivity contribution in [2.45, 2.75) is 18.9 Å². The van der Waals surface area contributed by atoms with Crippen molar-refractivity contribution in [2.24, 2.45) is 0 Å². The number of anilines is 1. The molecule has 5 nitrogen and oxygen atoms in total. The van der Waals surface area contributed by atoms with Crippen LogP contribution in [0.4, 0.5) is 5.69 Å². The highest BCUT2D eigenvalue weighted by atomic mass is 79.9. The Balaban J connectivity index is 1.67. The lowest BCUT2D eigenvalue weighted by Gasteiger charge is -2.18. The largest absolute Gasteiger partial charge is 0.274 e. The molecule has 0 saturated carbocycles. The molecule has 0 unspecified atom stereocenters. The summed E-state index contributed by atoms with van der Waals surface area (Å²) in [6.07, 6.45) is 1.68. The van der Waals surface area contributed by atoms with E-state index >= 15 is 0 Å². The lowest BCUT2D eigenvalue weighted by molar-refractivity contribution is -0.136. The number of hydrogen-bond acceptors (Lipinski definition) is 4. The number of carbonyl (C=O) groups excluding carboxylic acids is 2. The topological polar surface area (TPSA) is 58.6 Å². The number of hydroxylamine groups is 1. The maximum Gasteiger partial charge on any atom is 0.273 e. The second-order valence-electron chi connectivity index (χ2n) is 6.21. The van der Waals surface area contributed by atoms with Gasteiger partial charge in [-0.15, -0.1) is 0 Å². The maximum absolute atomic E-state index is 12.9. The molecule has 6 heteroatoms. The molecule has 0 aromatic heterocycles. The molecule has 1 fully saturated rings. The summed E-state index contributed by atoms with van der Waals surface area (Å²) in [5.41, 5.74) is 4.70. The summed E-state index contributed by atoms with van der Waals surface area (Å²) in [4.78, 5) is 32.2. The molecule has 2 heterocycles. The molecule has 1 atom stereocenters. The first kappa shape index (κ1) is 16.1. The Morgan fingerprint density at radius 2 is 1.76 bits per heavy atom. The van der Waals surface area contributed by atoms with Crippen LogP contribution in [0.1, 0.15) is 17.5 Å². The summed E-state index contributed by atoms with van der Waals surface area (Å²) < 4.78 is 0.961. The van der Waals surface area contributed by atoms with E-state index in [1.165, 1.54) is 4.90 Å². The minimum absolute atomic E-state index is 0.0211. The summed E-state index contributed by atoms with van der Waals surface area (Å²) in [6, 6.07) is 14.9. The van der Waals surface area contributed by atoms with Gasteiger partial charge in [0, 0.05) is 4.47 Å². The number of rotatable bonds is 2. The van der Waals surface area contributed by atoms with Gasteiger partial charge in [0.1, 0.15) is 0 Å². The van der Waals surface area contributed by atoms with Crippen LogP contribution in [0.15, 0.2) is 59.1 Å². The molecular formula is C19H15BrN2O3. The summed E-state index contributed by atoms with van der Waals surface area (Å²) in [5.74, 6) is -0.648. The molecular weight excluding hydrogens is 384 g/mol. The molecule has 2 aromatic rings. The number of carbonyl (C=O) groups is 2. The maximum atomic E-state index is 12.9. The number of benzene rings is 2. The lowest BCUT2D eigenvalue weighted by Crippen LogP contribution is -2.40. The smallest absolute Gasteiger partial charge is 0.273 e. The van der Waals surface area contributed by atoms with E-state index in [2.05, 4.69) is 21.4 Å². The number of nitrogens with zero attached hydrogens (tertiary/aromatic N) is 1. The van der Waals surface area contributed by atoms with E-state index < -0.39 is 5.60 Å². The van der Waals surface area contributed by atoms with Crippen LogP contribution in [0.5, 0.6) is 0 Å². The van der Waals surface area contributed by atoms with Crippen molar-refractivity contribution >= 4 is 39.1 Å². The fourth-order valence-corrected chi connectivity index (χ4v) is 3.30. The Kier molecular flexibility index (Phi) is 3.74. The van der Waals surface area contributed by atoms with Crippen molar-refractivity contribution in [3.05, 3.63) is 70.2 Å². The average molecular weight is 399 g/mol. The van der Waals surface area contributed by atoms with Crippen molar-refractivity contribution in [3.63, 3.8) is 0 Å². The van der Waals surface area contributed by atoms with Gasteiger partial charge in [0.15, 0.2) is 0 Å². The molecule has 1 N–H and O–H groups in total. The molecule has 0 bridgehead atoms. The SMILES string of the molecule is Cc1ccc(N2C(=O)C[C@]3(C=C(c4ccc(Br)cc4)NO3)C2=O)cc1. The van der Waals surface area contributed by atoms with Gasteiger partial charge in [0.05, 0.1) is 17.8 Å². The first-order valence-corrected chi connectivity index (χ1v) is 8.65. The van der Waals surface area contributed by atoms with E-state index in [0.29, 0.717) is 11.4 Å². The first-order chi connectivity index (χ1) is 12.0. The third-order valence-corrected chi connectivity index (χ3v) is 4.93. The highest BCUT2D eigenvalue weighted by molar-refractivity contribution is 9.10. The van der Waals surface area contributed by atoms with Gasteiger partial charge in [0.2, 0.25) is 11.5 Å². The molecule has 2 aromatic carbocycles. The molecule has 126 valence electrons. The Morgan fingerprint density at radius 3 is 2.44 bits per heavy atom. The molecule has 0 aliphatic carbocycles. The van der Waals surface area contributed by atoms with Crippen molar-refractivity contribution in [1.29, 1.82) is 0 Å². The third-order valence-electron chi connectivity index (χ3n) is 4.40.